The molecule has 11 nitrogen and oxygen atoms in total. The highest BCUT2D eigenvalue weighted by molar-refractivity contribution is 7.47. The van der Waals surface area contributed by atoms with E-state index in [2.05, 4.69) is 26.0 Å². The van der Waals surface area contributed by atoms with Crippen molar-refractivity contribution >= 4 is 13.8 Å². The predicted octanol–water partition coefficient (Wildman–Crippen LogP) is 9.11. The summed E-state index contributed by atoms with van der Waals surface area (Å²) in [4.78, 5) is 22.8. The van der Waals surface area contributed by atoms with E-state index in [4.69, 9.17) is 18.5 Å². The van der Waals surface area contributed by atoms with Crippen LogP contribution in [0.5, 0.6) is 0 Å². The van der Waals surface area contributed by atoms with Crippen LogP contribution in [0.2, 0.25) is 0 Å². The van der Waals surface area contributed by atoms with E-state index in [1.165, 1.54) is 70.5 Å². The standard InChI is InChI=1S/C44H80NO10P/c1-6-8-10-11-12-13-14-15-16-17-18-19-20-21-22-26-33-52-39(37-55-56(50,51)54-34-32-45(3,4)5)36-53-44(49)29-25-24-28-40-41(43(48)35-42(40)47)31-30-38(46)27-23-9-7-2/h13-14,24-26,30-31,33,38-43,46-48H,6-12,15-23,27-29,32,34-37H2,1-5H3/p+1/b14-13-,25-24-,31-30+,33-26+/t38-,39-,40+,41-,42+,43-/m1/s1. The molecule has 0 aromatic heterocycles. The van der Waals surface area contributed by atoms with Gasteiger partial charge in [0.2, 0.25) is 0 Å². The minimum Gasteiger partial charge on any atom is -0.492 e. The lowest BCUT2D eigenvalue weighted by molar-refractivity contribution is -0.870. The van der Waals surface area contributed by atoms with Gasteiger partial charge in [0.15, 0.2) is 6.10 Å². The molecule has 0 aliphatic heterocycles. The molecule has 326 valence electrons. The first-order valence-corrected chi connectivity index (χ1v) is 23.2. The second-order valence-electron chi connectivity index (χ2n) is 16.4. The SMILES string of the molecule is CCCCCC/C=C\CCCCCCCC/C=C/O[C@H](COC(=O)C/C=C\C[C@H]1[C@@H](/C=C/[C@H](O)CCCCC)[C@H](O)C[C@@H]1O)COP(=O)(O)OCC[N+](C)(C)C. The zero-order valence-electron chi connectivity index (χ0n) is 35.7. The minimum atomic E-state index is -4.35. The molecule has 0 heterocycles. The molecule has 0 amide bonds. The number of aliphatic hydroxyl groups excluding tert-OH is 3. The summed E-state index contributed by atoms with van der Waals surface area (Å²) in [6, 6.07) is 0. The van der Waals surface area contributed by atoms with Gasteiger partial charge >= 0.3 is 13.8 Å². The molecule has 4 N–H and O–H groups in total. The number of rotatable bonds is 35. The van der Waals surface area contributed by atoms with Gasteiger partial charge in [0.1, 0.15) is 19.8 Å². The number of allylic oxidation sites excluding steroid dienone is 4. The summed E-state index contributed by atoms with van der Waals surface area (Å²) < 4.78 is 34.6. The number of quaternary nitrogens is 1. The van der Waals surface area contributed by atoms with Crippen LogP contribution in [-0.4, -0.2) is 103 Å². The van der Waals surface area contributed by atoms with Crippen LogP contribution in [0.1, 0.15) is 142 Å². The number of phosphoric ester groups is 1. The molecular formula is C44H81NO10P+. The van der Waals surface area contributed by atoms with Crippen molar-refractivity contribution in [2.75, 3.05) is 47.5 Å². The Hall–Kier alpha value is -1.82. The van der Waals surface area contributed by atoms with Crippen LogP contribution in [-0.2, 0) is 27.9 Å². The maximum absolute atomic E-state index is 12.6. The van der Waals surface area contributed by atoms with E-state index in [1.54, 1.807) is 18.2 Å². The van der Waals surface area contributed by atoms with E-state index in [0.717, 1.165) is 38.5 Å². The molecule has 0 saturated heterocycles. The molecular weight excluding hydrogens is 733 g/mol. The third-order valence-electron chi connectivity index (χ3n) is 10.1. The average Bonchev–Trinajstić information content (AvgIpc) is 3.41. The van der Waals surface area contributed by atoms with Crippen LogP contribution in [0.25, 0.3) is 0 Å². The lowest BCUT2D eigenvalue weighted by Gasteiger charge is -2.24. The molecule has 1 unspecified atom stereocenters. The van der Waals surface area contributed by atoms with Crippen molar-refractivity contribution in [2.45, 2.75) is 167 Å². The number of nitrogens with zero attached hydrogens (tertiary/aromatic N) is 1. The quantitative estimate of drug-likeness (QED) is 0.0122. The van der Waals surface area contributed by atoms with E-state index >= 15 is 0 Å². The lowest BCUT2D eigenvalue weighted by atomic mass is 9.89. The third-order valence-corrected chi connectivity index (χ3v) is 11.0. The van der Waals surface area contributed by atoms with Crippen LogP contribution in [0, 0.1) is 11.8 Å². The zero-order valence-corrected chi connectivity index (χ0v) is 36.6. The van der Waals surface area contributed by atoms with Crippen molar-refractivity contribution in [3.8, 4) is 0 Å². The normalized spacial score (nSPS) is 21.4. The van der Waals surface area contributed by atoms with E-state index in [0.29, 0.717) is 23.9 Å². The molecule has 0 spiro atoms. The first kappa shape index (κ1) is 52.2. The number of hydrogen-bond acceptors (Lipinski definition) is 9. The Kier molecular flexibility index (Phi) is 29.9. The fourth-order valence-corrected chi connectivity index (χ4v) is 7.24. The Morgan fingerprint density at radius 2 is 1.39 bits per heavy atom. The molecule has 7 atom stereocenters. The maximum Gasteiger partial charge on any atom is 0.472 e. The Balaban J connectivity index is 2.53. The van der Waals surface area contributed by atoms with Gasteiger partial charge in [-0.3, -0.25) is 13.8 Å². The summed E-state index contributed by atoms with van der Waals surface area (Å²) in [6.45, 7) is 4.40. The number of aliphatic hydroxyl groups is 3. The summed E-state index contributed by atoms with van der Waals surface area (Å²) in [5, 5.41) is 31.4. The fraction of sp³-hybridized carbons (Fsp3) is 0.795. The van der Waals surface area contributed by atoms with Gasteiger partial charge in [-0.2, -0.15) is 0 Å². The number of carbonyl (C=O) groups is 1. The summed E-state index contributed by atoms with van der Waals surface area (Å²) >= 11 is 0. The largest absolute Gasteiger partial charge is 0.492 e. The molecule has 1 aliphatic rings. The lowest BCUT2D eigenvalue weighted by Crippen LogP contribution is -2.37. The number of likely N-dealkylation sites (N-methyl/N-ethyl adjacent to an activating group) is 1. The molecule has 0 radical (unpaired) electrons. The van der Waals surface area contributed by atoms with Crippen molar-refractivity contribution in [3.05, 3.63) is 48.8 Å². The highest BCUT2D eigenvalue weighted by atomic mass is 31.2. The first-order chi connectivity index (χ1) is 26.8. The van der Waals surface area contributed by atoms with Crippen molar-refractivity contribution in [3.63, 3.8) is 0 Å². The van der Waals surface area contributed by atoms with Crippen molar-refractivity contribution in [2.24, 2.45) is 11.8 Å². The monoisotopic (exact) mass is 815 g/mol. The van der Waals surface area contributed by atoms with Crippen LogP contribution in [0.3, 0.4) is 0 Å². The van der Waals surface area contributed by atoms with Crippen molar-refractivity contribution < 1.29 is 52.6 Å². The Bertz CT molecular complexity index is 1150. The topological polar surface area (TPSA) is 152 Å². The van der Waals surface area contributed by atoms with Gasteiger partial charge < -0.3 is 34.2 Å². The van der Waals surface area contributed by atoms with E-state index in [-0.39, 0.29) is 44.5 Å². The Morgan fingerprint density at radius 1 is 0.786 bits per heavy atom. The molecule has 1 fully saturated rings. The van der Waals surface area contributed by atoms with Gasteiger partial charge in [-0.05, 0) is 63.4 Å². The number of hydrogen-bond donors (Lipinski definition) is 4. The molecule has 1 rings (SSSR count). The minimum absolute atomic E-state index is 0.0199. The highest BCUT2D eigenvalue weighted by Gasteiger charge is 2.39. The Morgan fingerprint density at radius 3 is 2.04 bits per heavy atom. The number of phosphoric acid groups is 1. The summed E-state index contributed by atoms with van der Waals surface area (Å²) in [5.41, 5.74) is 0. The average molecular weight is 815 g/mol. The number of ether oxygens (including phenoxy) is 2. The summed E-state index contributed by atoms with van der Waals surface area (Å²) in [6.07, 6.45) is 32.3. The third kappa shape index (κ3) is 28.6. The number of carbonyl (C=O) groups excluding carboxylic acids is 1. The fourth-order valence-electron chi connectivity index (χ4n) is 6.50. The molecule has 0 bridgehead atoms. The van der Waals surface area contributed by atoms with Gasteiger partial charge in [-0.1, -0.05) is 115 Å². The molecule has 0 aromatic rings. The van der Waals surface area contributed by atoms with Gasteiger partial charge in [0.25, 0.3) is 0 Å². The van der Waals surface area contributed by atoms with Gasteiger partial charge in [0, 0.05) is 12.3 Å². The smallest absolute Gasteiger partial charge is 0.472 e. The van der Waals surface area contributed by atoms with Crippen LogP contribution >= 0.6 is 7.82 Å². The first-order valence-electron chi connectivity index (χ1n) is 21.7. The zero-order chi connectivity index (χ0) is 41.5. The van der Waals surface area contributed by atoms with E-state index in [9.17, 15) is 29.6 Å². The van der Waals surface area contributed by atoms with Crippen LogP contribution < -0.4 is 0 Å². The second-order valence-corrected chi connectivity index (χ2v) is 17.9. The molecule has 56 heavy (non-hydrogen) atoms. The van der Waals surface area contributed by atoms with Crippen LogP contribution in [0.4, 0.5) is 0 Å². The van der Waals surface area contributed by atoms with Crippen LogP contribution in [0.15, 0.2) is 48.8 Å². The van der Waals surface area contributed by atoms with E-state index < -0.39 is 38.2 Å². The van der Waals surface area contributed by atoms with Crippen molar-refractivity contribution in [1.29, 1.82) is 0 Å². The van der Waals surface area contributed by atoms with E-state index in [1.807, 2.05) is 33.3 Å². The van der Waals surface area contributed by atoms with Gasteiger partial charge in [-0.15, -0.1) is 0 Å². The van der Waals surface area contributed by atoms with Gasteiger partial charge in [0.05, 0.1) is 58.7 Å². The molecule has 1 aliphatic carbocycles. The molecule has 0 aromatic carbocycles. The predicted molar refractivity (Wildman–Crippen MR) is 226 cm³/mol. The summed E-state index contributed by atoms with van der Waals surface area (Å²) in [5.74, 6) is -1.04. The molecule has 1 saturated carbocycles. The van der Waals surface area contributed by atoms with Crippen molar-refractivity contribution in [1.82, 2.24) is 0 Å². The number of unbranched alkanes of at least 4 members (excludes halogenated alkanes) is 13. The second kappa shape index (κ2) is 32.1. The summed E-state index contributed by atoms with van der Waals surface area (Å²) in [7, 11) is 1.49. The molecule has 12 heteroatoms. The van der Waals surface area contributed by atoms with Gasteiger partial charge in [-0.25, -0.2) is 4.57 Å². The number of esters is 1. The maximum atomic E-state index is 12.6. The Labute approximate surface area is 340 Å². The highest BCUT2D eigenvalue weighted by Crippen LogP contribution is 2.43.